The fourth-order valence-electron chi connectivity index (χ4n) is 1.83. The first-order chi connectivity index (χ1) is 8.15. The maximum Gasteiger partial charge on any atom is 0.0534 e. The van der Waals surface area contributed by atoms with Crippen LogP contribution in [-0.4, -0.2) is 9.78 Å². The minimum atomic E-state index is 0.862. The lowest BCUT2D eigenvalue weighted by molar-refractivity contribution is 0.691. The summed E-state index contributed by atoms with van der Waals surface area (Å²) < 4.78 is 1.83. The Labute approximate surface area is 102 Å². The third-order valence-electron chi connectivity index (χ3n) is 2.99. The molecule has 17 heavy (non-hydrogen) atoms. The summed E-state index contributed by atoms with van der Waals surface area (Å²) in [7, 11) is 1.94. The zero-order valence-electron chi connectivity index (χ0n) is 10.7. The summed E-state index contributed by atoms with van der Waals surface area (Å²) in [4.78, 5) is 0. The van der Waals surface area contributed by atoms with Crippen molar-refractivity contribution in [2.75, 3.05) is 0 Å². The van der Waals surface area contributed by atoms with Crippen molar-refractivity contribution in [3.63, 3.8) is 0 Å². The van der Waals surface area contributed by atoms with E-state index in [1.165, 1.54) is 22.3 Å². The van der Waals surface area contributed by atoms with E-state index in [2.05, 4.69) is 42.5 Å². The van der Waals surface area contributed by atoms with Crippen LogP contribution in [0.2, 0.25) is 0 Å². The zero-order chi connectivity index (χ0) is 12.3. The van der Waals surface area contributed by atoms with Crippen LogP contribution < -0.4 is 5.32 Å². The largest absolute Gasteiger partial charge is 0.309 e. The van der Waals surface area contributed by atoms with E-state index in [0.717, 1.165) is 13.1 Å². The van der Waals surface area contributed by atoms with Crippen molar-refractivity contribution < 1.29 is 0 Å². The van der Waals surface area contributed by atoms with E-state index in [9.17, 15) is 0 Å². The van der Waals surface area contributed by atoms with Crippen molar-refractivity contribution in [3.8, 4) is 0 Å². The Morgan fingerprint density at radius 1 is 1.12 bits per heavy atom. The highest BCUT2D eigenvalue weighted by Gasteiger charge is 1.98. The van der Waals surface area contributed by atoms with Crippen LogP contribution in [-0.2, 0) is 20.1 Å². The van der Waals surface area contributed by atoms with E-state index >= 15 is 0 Å². The van der Waals surface area contributed by atoms with Gasteiger partial charge >= 0.3 is 0 Å². The highest BCUT2D eigenvalue weighted by Crippen LogP contribution is 2.09. The van der Waals surface area contributed by atoms with E-state index in [1.54, 1.807) is 0 Å². The zero-order valence-corrected chi connectivity index (χ0v) is 10.7. The first kappa shape index (κ1) is 11.9. The molecule has 0 radical (unpaired) electrons. The van der Waals surface area contributed by atoms with Crippen molar-refractivity contribution in [1.82, 2.24) is 15.1 Å². The number of nitrogens with one attached hydrogen (secondary N) is 1. The van der Waals surface area contributed by atoms with Gasteiger partial charge in [-0.1, -0.05) is 18.2 Å². The van der Waals surface area contributed by atoms with Crippen molar-refractivity contribution in [2.45, 2.75) is 26.9 Å². The predicted octanol–water partition coefficient (Wildman–Crippen LogP) is 2.33. The van der Waals surface area contributed by atoms with Gasteiger partial charge in [0, 0.05) is 31.9 Å². The molecule has 1 aromatic heterocycles. The second-order valence-electron chi connectivity index (χ2n) is 4.54. The van der Waals surface area contributed by atoms with E-state index in [0.29, 0.717) is 0 Å². The second-order valence-corrected chi connectivity index (χ2v) is 4.54. The Kier molecular flexibility index (Phi) is 3.59. The molecular formula is C14H19N3. The van der Waals surface area contributed by atoms with E-state index in [4.69, 9.17) is 0 Å². The SMILES string of the molecule is Cc1ccc(CNCc2cnn(C)c2)cc1C. The third-order valence-corrected chi connectivity index (χ3v) is 2.99. The van der Waals surface area contributed by atoms with Gasteiger partial charge in [0.25, 0.3) is 0 Å². The summed E-state index contributed by atoms with van der Waals surface area (Å²) in [5, 5.41) is 7.57. The molecule has 0 amide bonds. The molecule has 2 aromatic rings. The predicted molar refractivity (Wildman–Crippen MR) is 69.7 cm³/mol. The average Bonchev–Trinajstić information content (AvgIpc) is 2.70. The molecule has 0 saturated heterocycles. The highest BCUT2D eigenvalue weighted by molar-refractivity contribution is 5.29. The molecule has 0 bridgehead atoms. The highest BCUT2D eigenvalue weighted by atomic mass is 15.2. The summed E-state index contributed by atoms with van der Waals surface area (Å²) in [6.45, 7) is 6.05. The maximum atomic E-state index is 4.14. The van der Waals surface area contributed by atoms with Crippen LogP contribution in [0.4, 0.5) is 0 Å². The van der Waals surface area contributed by atoms with Crippen LogP contribution in [0.15, 0.2) is 30.6 Å². The van der Waals surface area contributed by atoms with Crippen LogP contribution in [0.25, 0.3) is 0 Å². The Bertz CT molecular complexity index is 500. The van der Waals surface area contributed by atoms with Gasteiger partial charge in [-0.05, 0) is 30.5 Å². The Morgan fingerprint density at radius 3 is 2.53 bits per heavy atom. The van der Waals surface area contributed by atoms with Crippen molar-refractivity contribution in [2.24, 2.45) is 7.05 Å². The fourth-order valence-corrected chi connectivity index (χ4v) is 1.83. The van der Waals surface area contributed by atoms with Gasteiger partial charge in [0.2, 0.25) is 0 Å². The molecule has 90 valence electrons. The molecule has 0 saturated carbocycles. The van der Waals surface area contributed by atoms with E-state index in [1.807, 2.05) is 24.1 Å². The molecule has 0 aliphatic heterocycles. The number of hydrogen-bond donors (Lipinski definition) is 1. The molecule has 1 N–H and O–H groups in total. The monoisotopic (exact) mass is 229 g/mol. The van der Waals surface area contributed by atoms with Gasteiger partial charge in [-0.2, -0.15) is 5.10 Å². The molecule has 0 aliphatic rings. The second kappa shape index (κ2) is 5.15. The molecule has 0 unspecified atom stereocenters. The lowest BCUT2D eigenvalue weighted by atomic mass is 10.1. The standard InChI is InChI=1S/C14H19N3/c1-11-4-5-13(6-12(11)2)7-15-8-14-9-16-17(3)10-14/h4-6,9-10,15H,7-8H2,1-3H3. The van der Waals surface area contributed by atoms with Crippen LogP contribution in [0.5, 0.6) is 0 Å². The van der Waals surface area contributed by atoms with Crippen LogP contribution in [0, 0.1) is 13.8 Å². The minimum Gasteiger partial charge on any atom is -0.309 e. The molecular weight excluding hydrogens is 210 g/mol. The van der Waals surface area contributed by atoms with Gasteiger partial charge < -0.3 is 5.32 Å². The summed E-state index contributed by atoms with van der Waals surface area (Å²) >= 11 is 0. The normalized spacial score (nSPS) is 10.8. The molecule has 2 rings (SSSR count). The number of hydrogen-bond acceptors (Lipinski definition) is 2. The van der Waals surface area contributed by atoms with E-state index < -0.39 is 0 Å². The number of benzene rings is 1. The van der Waals surface area contributed by atoms with Gasteiger partial charge in [0.05, 0.1) is 6.20 Å². The van der Waals surface area contributed by atoms with Gasteiger partial charge in [0.15, 0.2) is 0 Å². The fraction of sp³-hybridized carbons (Fsp3) is 0.357. The summed E-state index contributed by atoms with van der Waals surface area (Å²) in [5.41, 5.74) is 5.25. The molecule has 0 atom stereocenters. The smallest absolute Gasteiger partial charge is 0.0534 e. The van der Waals surface area contributed by atoms with Gasteiger partial charge in [0.1, 0.15) is 0 Å². The Balaban J connectivity index is 1.87. The quantitative estimate of drug-likeness (QED) is 0.872. The van der Waals surface area contributed by atoms with Crippen molar-refractivity contribution >= 4 is 0 Å². The van der Waals surface area contributed by atoms with Gasteiger partial charge in [-0.25, -0.2) is 0 Å². The average molecular weight is 229 g/mol. The molecule has 0 fully saturated rings. The van der Waals surface area contributed by atoms with Crippen LogP contribution in [0.3, 0.4) is 0 Å². The first-order valence-corrected chi connectivity index (χ1v) is 5.89. The van der Waals surface area contributed by atoms with E-state index in [-0.39, 0.29) is 0 Å². The number of aryl methyl sites for hydroxylation is 3. The summed E-state index contributed by atoms with van der Waals surface area (Å²) in [6, 6.07) is 6.60. The lowest BCUT2D eigenvalue weighted by Gasteiger charge is -2.06. The molecule has 3 nitrogen and oxygen atoms in total. The van der Waals surface area contributed by atoms with Crippen LogP contribution >= 0.6 is 0 Å². The molecule has 3 heteroatoms. The number of nitrogens with zero attached hydrogens (tertiary/aromatic N) is 2. The maximum absolute atomic E-state index is 4.14. The first-order valence-electron chi connectivity index (χ1n) is 5.89. The Morgan fingerprint density at radius 2 is 1.88 bits per heavy atom. The summed E-state index contributed by atoms with van der Waals surface area (Å²) in [6.07, 6.45) is 3.93. The molecule has 1 aromatic carbocycles. The van der Waals surface area contributed by atoms with Crippen molar-refractivity contribution in [1.29, 1.82) is 0 Å². The number of aromatic nitrogens is 2. The topological polar surface area (TPSA) is 29.9 Å². The lowest BCUT2D eigenvalue weighted by Crippen LogP contribution is -2.12. The third kappa shape index (κ3) is 3.17. The van der Waals surface area contributed by atoms with Crippen LogP contribution in [0.1, 0.15) is 22.3 Å². The Hall–Kier alpha value is -1.61. The summed E-state index contributed by atoms with van der Waals surface area (Å²) in [5.74, 6) is 0. The van der Waals surface area contributed by atoms with Gasteiger partial charge in [-0.15, -0.1) is 0 Å². The molecule has 0 aliphatic carbocycles. The van der Waals surface area contributed by atoms with Gasteiger partial charge in [-0.3, -0.25) is 4.68 Å². The molecule has 0 spiro atoms. The molecule has 1 heterocycles. The minimum absolute atomic E-state index is 0.862. The van der Waals surface area contributed by atoms with Crippen molar-refractivity contribution in [3.05, 3.63) is 52.8 Å². The number of rotatable bonds is 4.